The Balaban J connectivity index is 1.69. The monoisotopic (exact) mass is 447 g/mol. The van der Waals surface area contributed by atoms with E-state index in [1.807, 2.05) is 0 Å². The van der Waals surface area contributed by atoms with Crippen molar-refractivity contribution in [3.8, 4) is 0 Å². The second-order valence-electron chi connectivity index (χ2n) is 8.80. The van der Waals surface area contributed by atoms with Gasteiger partial charge in [0.1, 0.15) is 5.82 Å². The topological polar surface area (TPSA) is 78.5 Å². The molecule has 0 bridgehead atoms. The van der Waals surface area contributed by atoms with Crippen LogP contribution in [0.3, 0.4) is 0 Å². The summed E-state index contributed by atoms with van der Waals surface area (Å²) >= 11 is 0. The number of rotatable bonds is 7. The first kappa shape index (κ1) is 23.2. The number of carbonyl (C=O) groups excluding carboxylic acids is 1. The minimum Gasteiger partial charge on any atom is -0.350 e. The molecule has 0 aromatic heterocycles. The van der Waals surface area contributed by atoms with E-state index in [0.29, 0.717) is 12.5 Å². The van der Waals surface area contributed by atoms with E-state index in [1.165, 1.54) is 48.9 Å². The van der Waals surface area contributed by atoms with Gasteiger partial charge in [-0.1, -0.05) is 25.1 Å². The highest BCUT2D eigenvalue weighted by molar-refractivity contribution is 7.92. The number of hydrogen-bond donors (Lipinski definition) is 2. The van der Waals surface area contributed by atoms with Crippen molar-refractivity contribution in [1.82, 2.24) is 10.2 Å². The summed E-state index contributed by atoms with van der Waals surface area (Å²) in [5.41, 5.74) is -0.116. The van der Waals surface area contributed by atoms with Gasteiger partial charge in [-0.15, -0.1) is 0 Å². The van der Waals surface area contributed by atoms with E-state index in [2.05, 4.69) is 35.7 Å². The van der Waals surface area contributed by atoms with Crippen LogP contribution in [0.2, 0.25) is 0 Å². The molecule has 1 saturated heterocycles. The molecule has 3 rings (SSSR count). The number of nitrogens with one attached hydrogen (secondary N) is 2. The van der Waals surface area contributed by atoms with E-state index in [1.54, 1.807) is 6.07 Å². The third kappa shape index (κ3) is 5.83. The molecule has 0 spiro atoms. The lowest BCUT2D eigenvalue weighted by Gasteiger charge is -2.43. The van der Waals surface area contributed by atoms with Crippen molar-refractivity contribution >= 4 is 21.6 Å². The summed E-state index contributed by atoms with van der Waals surface area (Å²) in [7, 11) is -4.04. The molecule has 2 aromatic rings. The predicted molar refractivity (Wildman–Crippen MR) is 120 cm³/mol. The lowest BCUT2D eigenvalue weighted by atomic mass is 9.93. The van der Waals surface area contributed by atoms with Crippen molar-refractivity contribution in [3.63, 3.8) is 0 Å². The number of anilines is 1. The first-order valence-corrected chi connectivity index (χ1v) is 12.0. The molecule has 1 amide bonds. The van der Waals surface area contributed by atoms with E-state index in [-0.39, 0.29) is 27.6 Å². The van der Waals surface area contributed by atoms with Crippen LogP contribution in [0.1, 0.15) is 44.0 Å². The van der Waals surface area contributed by atoms with Gasteiger partial charge in [-0.05, 0) is 69.5 Å². The van der Waals surface area contributed by atoms with Crippen LogP contribution in [0.5, 0.6) is 0 Å². The van der Waals surface area contributed by atoms with E-state index in [0.717, 1.165) is 19.5 Å². The first-order valence-electron chi connectivity index (χ1n) is 10.5. The minimum atomic E-state index is -4.04. The molecule has 168 valence electrons. The number of carbonyl (C=O) groups is 1. The third-order valence-corrected chi connectivity index (χ3v) is 7.08. The molecule has 0 saturated carbocycles. The molecule has 0 aliphatic carbocycles. The van der Waals surface area contributed by atoms with E-state index >= 15 is 0 Å². The first-order chi connectivity index (χ1) is 14.6. The quantitative estimate of drug-likeness (QED) is 0.676. The van der Waals surface area contributed by atoms with E-state index < -0.39 is 15.8 Å². The van der Waals surface area contributed by atoms with E-state index in [4.69, 9.17) is 0 Å². The van der Waals surface area contributed by atoms with Crippen molar-refractivity contribution < 1.29 is 17.6 Å². The van der Waals surface area contributed by atoms with Gasteiger partial charge >= 0.3 is 0 Å². The van der Waals surface area contributed by atoms with Crippen LogP contribution in [-0.4, -0.2) is 44.4 Å². The third-order valence-electron chi connectivity index (χ3n) is 5.72. The maximum Gasteiger partial charge on any atom is 0.262 e. The fraction of sp³-hybridized carbons (Fsp3) is 0.435. The average molecular weight is 448 g/mol. The van der Waals surface area contributed by atoms with Crippen LogP contribution in [0.15, 0.2) is 53.4 Å². The molecule has 1 unspecified atom stereocenters. The Morgan fingerprint density at radius 2 is 1.94 bits per heavy atom. The molecule has 1 fully saturated rings. The largest absolute Gasteiger partial charge is 0.350 e. The summed E-state index contributed by atoms with van der Waals surface area (Å²) in [6.45, 7) is 8.89. The van der Waals surface area contributed by atoms with Crippen molar-refractivity contribution in [2.24, 2.45) is 5.92 Å². The molecule has 1 heterocycles. The summed E-state index contributed by atoms with van der Waals surface area (Å²) in [5.74, 6) is -0.386. The normalized spacial score (nSPS) is 17.9. The summed E-state index contributed by atoms with van der Waals surface area (Å²) in [6.07, 6.45) is 2.37. The molecule has 8 heteroatoms. The molecule has 1 aliphatic heterocycles. The van der Waals surface area contributed by atoms with Gasteiger partial charge < -0.3 is 5.32 Å². The summed E-state index contributed by atoms with van der Waals surface area (Å²) in [5, 5.41) is 2.93. The zero-order valence-corrected chi connectivity index (χ0v) is 19.0. The number of sulfonamides is 1. The van der Waals surface area contributed by atoms with Crippen LogP contribution in [-0.2, 0) is 10.0 Å². The molecule has 0 radical (unpaired) electrons. The van der Waals surface area contributed by atoms with Crippen molar-refractivity contribution in [2.45, 2.75) is 44.0 Å². The molecule has 2 N–H and O–H groups in total. The van der Waals surface area contributed by atoms with Gasteiger partial charge in [-0.2, -0.15) is 0 Å². The van der Waals surface area contributed by atoms with Crippen molar-refractivity contribution in [2.75, 3.05) is 24.4 Å². The van der Waals surface area contributed by atoms with Gasteiger partial charge in [0.2, 0.25) is 0 Å². The zero-order chi connectivity index (χ0) is 22.6. The second-order valence-corrected chi connectivity index (χ2v) is 10.5. The maximum absolute atomic E-state index is 13.8. The minimum absolute atomic E-state index is 0.104. The Morgan fingerprint density at radius 1 is 1.19 bits per heavy atom. The molecular formula is C23H30FN3O3S. The molecular weight excluding hydrogens is 417 g/mol. The molecule has 31 heavy (non-hydrogen) atoms. The number of benzene rings is 2. The van der Waals surface area contributed by atoms with Crippen LogP contribution in [0.4, 0.5) is 10.1 Å². The lowest BCUT2D eigenvalue weighted by molar-refractivity contribution is 0.0657. The second kappa shape index (κ2) is 9.36. The number of amides is 1. The Morgan fingerprint density at radius 3 is 2.65 bits per heavy atom. The standard InChI is InChI=1S/C23H30FN3O3S/c1-17-8-7-13-27(15-17)23(2,3)16-25-22(28)18-9-6-10-19(14-18)31(29,30)26-21-12-5-4-11-20(21)24/h4-6,9-12,14,17,26H,7-8,13,15-16H2,1-3H3,(H,25,28). The highest BCUT2D eigenvalue weighted by Gasteiger charge is 2.30. The lowest BCUT2D eigenvalue weighted by Crippen LogP contribution is -2.54. The maximum atomic E-state index is 13.8. The SMILES string of the molecule is CC1CCCN(C(C)(C)CNC(=O)c2cccc(S(=O)(=O)Nc3ccccc3F)c2)C1. The average Bonchev–Trinajstić information content (AvgIpc) is 2.74. The Hall–Kier alpha value is -2.45. The van der Waals surface area contributed by atoms with Gasteiger partial charge in [0, 0.05) is 24.2 Å². The predicted octanol–water partition coefficient (Wildman–Crippen LogP) is 3.87. The van der Waals surface area contributed by atoms with Crippen molar-refractivity contribution in [1.29, 1.82) is 0 Å². The van der Waals surface area contributed by atoms with Crippen LogP contribution >= 0.6 is 0 Å². The number of likely N-dealkylation sites (tertiary alicyclic amines) is 1. The van der Waals surface area contributed by atoms with Gasteiger partial charge in [0.05, 0.1) is 10.6 Å². The highest BCUT2D eigenvalue weighted by atomic mass is 32.2. The summed E-state index contributed by atoms with van der Waals surface area (Å²) in [4.78, 5) is 15.0. The molecule has 2 aromatic carbocycles. The number of nitrogens with zero attached hydrogens (tertiary/aromatic N) is 1. The van der Waals surface area contributed by atoms with Crippen molar-refractivity contribution in [3.05, 3.63) is 59.9 Å². The molecule has 6 nitrogen and oxygen atoms in total. The van der Waals surface area contributed by atoms with Gasteiger partial charge in [-0.3, -0.25) is 14.4 Å². The zero-order valence-electron chi connectivity index (χ0n) is 18.2. The molecule has 1 aliphatic rings. The van der Waals surface area contributed by atoms with Crippen LogP contribution < -0.4 is 10.0 Å². The summed E-state index contributed by atoms with van der Waals surface area (Å²) < 4.78 is 41.4. The number of halogens is 1. The van der Waals surface area contributed by atoms with Crippen LogP contribution in [0.25, 0.3) is 0 Å². The smallest absolute Gasteiger partial charge is 0.262 e. The molecule has 1 atom stereocenters. The number of hydrogen-bond acceptors (Lipinski definition) is 4. The van der Waals surface area contributed by atoms with Gasteiger partial charge in [-0.25, -0.2) is 12.8 Å². The van der Waals surface area contributed by atoms with Gasteiger partial charge in [0.15, 0.2) is 0 Å². The summed E-state index contributed by atoms with van der Waals surface area (Å²) in [6, 6.07) is 11.3. The highest BCUT2D eigenvalue weighted by Crippen LogP contribution is 2.24. The fourth-order valence-corrected chi connectivity index (χ4v) is 4.91. The number of piperidine rings is 1. The van der Waals surface area contributed by atoms with Gasteiger partial charge in [0.25, 0.3) is 15.9 Å². The van der Waals surface area contributed by atoms with E-state index in [9.17, 15) is 17.6 Å². The Bertz CT molecular complexity index is 1040. The Labute approximate surface area is 183 Å². The fourth-order valence-electron chi connectivity index (χ4n) is 3.80. The van der Waals surface area contributed by atoms with Crippen LogP contribution in [0, 0.1) is 11.7 Å². The Kier molecular flexibility index (Phi) is 7.01. The number of para-hydroxylation sites is 1.